The minimum absolute atomic E-state index is 0.0357. The van der Waals surface area contributed by atoms with Gasteiger partial charge in [-0.05, 0) is 79.1 Å². The van der Waals surface area contributed by atoms with E-state index in [1.54, 1.807) is 25.4 Å². The van der Waals surface area contributed by atoms with Gasteiger partial charge < -0.3 is 15.0 Å². The van der Waals surface area contributed by atoms with Gasteiger partial charge in [0.1, 0.15) is 5.75 Å². The maximum Gasteiger partial charge on any atom is 0.255 e. The van der Waals surface area contributed by atoms with E-state index in [0.717, 1.165) is 42.6 Å². The maximum atomic E-state index is 12.6. The van der Waals surface area contributed by atoms with Crippen LogP contribution in [0.2, 0.25) is 0 Å². The van der Waals surface area contributed by atoms with Crippen molar-refractivity contribution < 1.29 is 13.2 Å². The quantitative estimate of drug-likeness (QED) is 0.630. The molecule has 1 fully saturated rings. The summed E-state index contributed by atoms with van der Waals surface area (Å²) in [6.07, 6.45) is 3.31. The highest BCUT2D eigenvalue weighted by Gasteiger charge is 2.33. The Labute approximate surface area is 184 Å². The fourth-order valence-corrected chi connectivity index (χ4v) is 5.63. The van der Waals surface area contributed by atoms with Crippen molar-refractivity contribution in [2.45, 2.75) is 50.7 Å². The number of aromatic amines is 1. The van der Waals surface area contributed by atoms with Crippen molar-refractivity contribution in [3.63, 3.8) is 0 Å². The summed E-state index contributed by atoms with van der Waals surface area (Å²) in [7, 11) is -2.18. The molecule has 1 aromatic carbocycles. The third kappa shape index (κ3) is 5.37. The smallest absolute Gasteiger partial charge is 0.255 e. The molecule has 0 radical (unpaired) electrons. The third-order valence-corrected chi connectivity index (χ3v) is 7.49. The summed E-state index contributed by atoms with van der Waals surface area (Å²) in [5.41, 5.74) is 2.47. The summed E-state index contributed by atoms with van der Waals surface area (Å²) in [6, 6.07) is 7.36. The third-order valence-electron chi connectivity index (χ3n) is 6.09. The molecule has 170 valence electrons. The van der Waals surface area contributed by atoms with Gasteiger partial charge in [-0.25, -0.2) is 13.6 Å². The molecule has 1 aliphatic heterocycles. The normalized spacial score (nSPS) is 16.8. The largest absolute Gasteiger partial charge is 0.496 e. The van der Waals surface area contributed by atoms with Crippen LogP contribution in [0.3, 0.4) is 0 Å². The molecular formula is C23H33N3O4S. The predicted molar refractivity (Wildman–Crippen MR) is 124 cm³/mol. The van der Waals surface area contributed by atoms with Crippen LogP contribution in [0, 0.1) is 5.92 Å². The Balaban J connectivity index is 2.19. The Kier molecular flexibility index (Phi) is 6.93. The molecule has 0 spiro atoms. The second-order valence-corrected chi connectivity index (χ2v) is 11.1. The van der Waals surface area contributed by atoms with E-state index in [4.69, 9.17) is 9.88 Å². The number of H-pyrrole nitrogens is 1. The Hall–Kier alpha value is -2.16. The molecule has 31 heavy (non-hydrogen) atoms. The number of pyridine rings is 1. The molecule has 4 N–H and O–H groups in total. The van der Waals surface area contributed by atoms with E-state index < -0.39 is 15.3 Å². The number of aromatic nitrogens is 1. The van der Waals surface area contributed by atoms with Crippen LogP contribution in [0.15, 0.2) is 35.3 Å². The van der Waals surface area contributed by atoms with Crippen molar-refractivity contribution in [2.24, 2.45) is 11.1 Å². The van der Waals surface area contributed by atoms with E-state index in [-0.39, 0.29) is 23.3 Å². The SMILES string of the molecule is COc1cc(CC(C2CCNCC2)S(N)(=O)=O)c(-c2ccc[nH]c2=O)cc1C(C)(C)C. The first-order valence-corrected chi connectivity index (χ1v) is 12.2. The Morgan fingerprint density at radius 1 is 1.19 bits per heavy atom. The van der Waals surface area contributed by atoms with Gasteiger partial charge in [-0.2, -0.15) is 0 Å². The predicted octanol–water partition coefficient (Wildman–Crippen LogP) is 2.55. The van der Waals surface area contributed by atoms with Crippen molar-refractivity contribution in [3.05, 3.63) is 51.9 Å². The lowest BCUT2D eigenvalue weighted by atomic mass is 9.81. The van der Waals surface area contributed by atoms with Crippen LogP contribution < -0.4 is 20.8 Å². The van der Waals surface area contributed by atoms with E-state index in [1.165, 1.54) is 0 Å². The molecular weight excluding hydrogens is 414 g/mol. The number of hydrogen-bond acceptors (Lipinski definition) is 5. The molecule has 1 saturated heterocycles. The lowest BCUT2D eigenvalue weighted by Gasteiger charge is -2.30. The molecule has 0 aliphatic carbocycles. The zero-order valence-electron chi connectivity index (χ0n) is 18.7. The average molecular weight is 448 g/mol. The molecule has 3 rings (SSSR count). The highest BCUT2D eigenvalue weighted by molar-refractivity contribution is 7.89. The summed E-state index contributed by atoms with van der Waals surface area (Å²) in [5, 5.41) is 8.25. The van der Waals surface area contributed by atoms with Gasteiger partial charge in [0.2, 0.25) is 10.0 Å². The lowest BCUT2D eigenvalue weighted by Crippen LogP contribution is -2.42. The summed E-state index contributed by atoms with van der Waals surface area (Å²) in [4.78, 5) is 15.4. The summed E-state index contributed by atoms with van der Waals surface area (Å²) >= 11 is 0. The Bertz CT molecular complexity index is 1080. The maximum absolute atomic E-state index is 12.6. The number of nitrogens with two attached hydrogens (primary N) is 1. The number of rotatable bonds is 6. The van der Waals surface area contributed by atoms with E-state index in [1.807, 2.05) is 12.1 Å². The second kappa shape index (κ2) is 9.14. The molecule has 7 nitrogen and oxygen atoms in total. The summed E-state index contributed by atoms with van der Waals surface area (Å²) < 4.78 is 30.8. The molecule has 2 aromatic rings. The van der Waals surface area contributed by atoms with Crippen molar-refractivity contribution in [3.8, 4) is 16.9 Å². The van der Waals surface area contributed by atoms with Crippen LogP contribution in [-0.4, -0.2) is 38.9 Å². The number of primary sulfonamides is 1. The van der Waals surface area contributed by atoms with Crippen LogP contribution in [0.1, 0.15) is 44.7 Å². The number of hydrogen-bond donors (Lipinski definition) is 3. The number of methoxy groups -OCH3 is 1. The van der Waals surface area contributed by atoms with Crippen LogP contribution in [0.4, 0.5) is 0 Å². The number of benzene rings is 1. The van der Waals surface area contributed by atoms with Gasteiger partial charge in [-0.15, -0.1) is 0 Å². The monoisotopic (exact) mass is 447 g/mol. The van der Waals surface area contributed by atoms with Gasteiger partial charge in [0.15, 0.2) is 0 Å². The molecule has 0 bridgehead atoms. The lowest BCUT2D eigenvalue weighted by molar-refractivity contribution is 0.352. The van der Waals surface area contributed by atoms with E-state index >= 15 is 0 Å². The van der Waals surface area contributed by atoms with Crippen LogP contribution in [0.25, 0.3) is 11.1 Å². The molecule has 2 heterocycles. The Morgan fingerprint density at radius 3 is 2.42 bits per heavy atom. The van der Waals surface area contributed by atoms with Crippen LogP contribution >= 0.6 is 0 Å². The van der Waals surface area contributed by atoms with Crippen molar-refractivity contribution in [1.29, 1.82) is 0 Å². The van der Waals surface area contributed by atoms with E-state index in [2.05, 4.69) is 31.1 Å². The average Bonchev–Trinajstić information content (AvgIpc) is 2.71. The molecule has 0 saturated carbocycles. The standard InChI is InChI=1S/C23H33N3O4S/c1-23(2,3)19-14-18(17-6-5-9-26-22(17)27)16(12-20(19)30-4)13-21(31(24,28)29)15-7-10-25-11-8-15/h5-6,9,12,14-15,21,25H,7-8,10-11,13H2,1-4H3,(H,26,27)(H2,24,28,29). The molecule has 1 aromatic heterocycles. The highest BCUT2D eigenvalue weighted by Crippen LogP contribution is 2.38. The first-order valence-electron chi connectivity index (χ1n) is 10.6. The van der Waals surface area contributed by atoms with E-state index in [9.17, 15) is 13.2 Å². The van der Waals surface area contributed by atoms with Gasteiger partial charge in [0.05, 0.1) is 12.4 Å². The van der Waals surface area contributed by atoms with Crippen molar-refractivity contribution in [2.75, 3.05) is 20.2 Å². The van der Waals surface area contributed by atoms with Crippen molar-refractivity contribution >= 4 is 10.0 Å². The topological polar surface area (TPSA) is 114 Å². The fraction of sp³-hybridized carbons (Fsp3) is 0.522. The van der Waals surface area contributed by atoms with Gasteiger partial charge in [0, 0.05) is 17.3 Å². The zero-order valence-corrected chi connectivity index (χ0v) is 19.5. The summed E-state index contributed by atoms with van der Waals surface area (Å²) in [6.45, 7) is 7.77. The minimum atomic E-state index is -3.78. The Morgan fingerprint density at radius 2 is 1.87 bits per heavy atom. The van der Waals surface area contributed by atoms with Gasteiger partial charge in [-0.1, -0.05) is 20.8 Å². The highest BCUT2D eigenvalue weighted by atomic mass is 32.2. The number of nitrogens with one attached hydrogen (secondary N) is 2. The zero-order chi connectivity index (χ0) is 22.8. The molecule has 8 heteroatoms. The summed E-state index contributed by atoms with van der Waals surface area (Å²) in [5.74, 6) is 0.642. The van der Waals surface area contributed by atoms with Gasteiger partial charge >= 0.3 is 0 Å². The number of piperidine rings is 1. The fourth-order valence-electron chi connectivity index (χ4n) is 4.41. The molecule has 1 unspecified atom stereocenters. The second-order valence-electron chi connectivity index (χ2n) is 9.29. The van der Waals surface area contributed by atoms with Gasteiger partial charge in [-0.3, -0.25) is 4.79 Å². The number of ether oxygens (including phenoxy) is 1. The van der Waals surface area contributed by atoms with Crippen molar-refractivity contribution in [1.82, 2.24) is 10.3 Å². The first-order chi connectivity index (χ1) is 14.5. The van der Waals surface area contributed by atoms with Crippen LogP contribution in [0.5, 0.6) is 5.75 Å². The minimum Gasteiger partial charge on any atom is -0.496 e. The number of sulfonamides is 1. The molecule has 1 aliphatic rings. The first kappa shape index (κ1) is 23.5. The van der Waals surface area contributed by atoms with Crippen LogP contribution in [-0.2, 0) is 21.9 Å². The molecule has 0 amide bonds. The van der Waals surface area contributed by atoms with E-state index in [0.29, 0.717) is 11.3 Å². The van der Waals surface area contributed by atoms with Gasteiger partial charge in [0.25, 0.3) is 5.56 Å². The molecule has 1 atom stereocenters.